The zero-order valence-corrected chi connectivity index (χ0v) is 13.0. The maximum Gasteiger partial charge on any atom is 0.0935 e. The van der Waals surface area contributed by atoms with Crippen molar-refractivity contribution >= 4 is 11.3 Å². The van der Waals surface area contributed by atoms with Gasteiger partial charge in [0, 0.05) is 30.6 Å². The highest BCUT2D eigenvalue weighted by atomic mass is 32.1. The van der Waals surface area contributed by atoms with E-state index in [1.807, 2.05) is 11.3 Å². The predicted octanol–water partition coefficient (Wildman–Crippen LogP) is 2.96. The van der Waals surface area contributed by atoms with Crippen molar-refractivity contribution in [1.82, 2.24) is 10.3 Å². The molecule has 0 spiro atoms. The molecule has 106 valence electrons. The van der Waals surface area contributed by atoms with Gasteiger partial charge in [0.1, 0.15) is 0 Å². The van der Waals surface area contributed by atoms with Crippen LogP contribution in [0.3, 0.4) is 0 Å². The van der Waals surface area contributed by atoms with E-state index in [9.17, 15) is 0 Å². The summed E-state index contributed by atoms with van der Waals surface area (Å²) < 4.78 is 5.47. The molecule has 3 nitrogen and oxygen atoms in total. The molecule has 2 unspecified atom stereocenters. The molecule has 0 radical (unpaired) electrons. The molecule has 0 aromatic carbocycles. The lowest BCUT2D eigenvalue weighted by Crippen LogP contribution is -2.30. The molecule has 1 saturated heterocycles. The second-order valence-corrected chi connectivity index (χ2v) is 7.85. The zero-order chi connectivity index (χ0) is 13.5. The third kappa shape index (κ3) is 2.86. The minimum Gasteiger partial charge on any atom is -0.381 e. The number of rotatable bonds is 3. The molecule has 0 amide bonds. The van der Waals surface area contributed by atoms with Gasteiger partial charge >= 0.3 is 0 Å². The second-order valence-electron chi connectivity index (χ2n) is 6.74. The number of nitrogens with one attached hydrogen (secondary N) is 1. The van der Waals surface area contributed by atoms with E-state index in [1.165, 1.54) is 28.4 Å². The Morgan fingerprint density at radius 1 is 1.47 bits per heavy atom. The highest BCUT2D eigenvalue weighted by Gasteiger charge is 2.34. The molecule has 3 rings (SSSR count). The molecule has 2 heterocycles. The van der Waals surface area contributed by atoms with E-state index in [4.69, 9.17) is 9.72 Å². The van der Waals surface area contributed by atoms with Crippen molar-refractivity contribution in [2.24, 2.45) is 11.3 Å². The van der Waals surface area contributed by atoms with Gasteiger partial charge in [-0.3, -0.25) is 0 Å². The average molecular weight is 280 g/mol. The molecule has 1 N–H and O–H groups in total. The molecule has 2 atom stereocenters. The Labute approximate surface area is 119 Å². The minimum atomic E-state index is 0.364. The molecule has 1 aliphatic heterocycles. The third-order valence-corrected chi connectivity index (χ3v) is 5.56. The summed E-state index contributed by atoms with van der Waals surface area (Å²) >= 11 is 1.93. The topological polar surface area (TPSA) is 34.2 Å². The van der Waals surface area contributed by atoms with Gasteiger partial charge in [-0.05, 0) is 37.6 Å². The zero-order valence-electron chi connectivity index (χ0n) is 12.2. The van der Waals surface area contributed by atoms with E-state index < -0.39 is 0 Å². The van der Waals surface area contributed by atoms with Crippen LogP contribution in [0.25, 0.3) is 0 Å². The molecule has 19 heavy (non-hydrogen) atoms. The second kappa shape index (κ2) is 5.15. The average Bonchev–Trinajstić information content (AvgIpc) is 2.96. The van der Waals surface area contributed by atoms with Crippen molar-refractivity contribution in [2.75, 3.05) is 20.3 Å². The van der Waals surface area contributed by atoms with Crippen LogP contribution in [0.5, 0.6) is 0 Å². The van der Waals surface area contributed by atoms with E-state index in [0.29, 0.717) is 17.4 Å². The van der Waals surface area contributed by atoms with Crippen LogP contribution in [0.2, 0.25) is 0 Å². The number of hydrogen-bond donors (Lipinski definition) is 1. The normalized spacial score (nSPS) is 29.4. The molecule has 1 fully saturated rings. The van der Waals surface area contributed by atoms with Gasteiger partial charge in [-0.2, -0.15) is 0 Å². The summed E-state index contributed by atoms with van der Waals surface area (Å²) in [5, 5.41) is 4.79. The lowest BCUT2D eigenvalue weighted by atomic mass is 9.76. The molecule has 1 aromatic heterocycles. The molecule has 1 aromatic rings. The highest BCUT2D eigenvalue weighted by Crippen LogP contribution is 2.43. The summed E-state index contributed by atoms with van der Waals surface area (Å²) in [6, 6.07) is 0.491. The molecule has 4 heteroatoms. The van der Waals surface area contributed by atoms with Crippen molar-refractivity contribution in [3.05, 3.63) is 15.6 Å². The maximum absolute atomic E-state index is 5.47. The fraction of sp³-hybridized carbons (Fsp3) is 0.800. The van der Waals surface area contributed by atoms with Gasteiger partial charge in [-0.1, -0.05) is 13.8 Å². The molecule has 0 bridgehead atoms. The van der Waals surface area contributed by atoms with Gasteiger partial charge in [0.05, 0.1) is 10.7 Å². The lowest BCUT2D eigenvalue weighted by Gasteiger charge is -2.34. The van der Waals surface area contributed by atoms with Gasteiger partial charge < -0.3 is 10.1 Å². The molecular weight excluding hydrogens is 256 g/mol. The number of ether oxygens (including phenoxy) is 1. The summed E-state index contributed by atoms with van der Waals surface area (Å²) in [6.07, 6.45) is 4.64. The monoisotopic (exact) mass is 280 g/mol. The van der Waals surface area contributed by atoms with Crippen LogP contribution in [0.4, 0.5) is 0 Å². The van der Waals surface area contributed by atoms with E-state index in [2.05, 4.69) is 26.2 Å². The lowest BCUT2D eigenvalue weighted by molar-refractivity contribution is 0.186. The summed E-state index contributed by atoms with van der Waals surface area (Å²) in [6.45, 7) is 6.56. The summed E-state index contributed by atoms with van der Waals surface area (Å²) in [4.78, 5) is 6.41. The Bertz CT molecular complexity index is 449. The Kier molecular flexibility index (Phi) is 3.67. The van der Waals surface area contributed by atoms with Crippen LogP contribution < -0.4 is 5.32 Å². The third-order valence-electron chi connectivity index (χ3n) is 4.33. The van der Waals surface area contributed by atoms with Crippen molar-refractivity contribution in [3.63, 3.8) is 0 Å². The Morgan fingerprint density at radius 3 is 3.00 bits per heavy atom. The number of fused-ring (bicyclic) bond motifs is 1. The number of thiazole rings is 1. The van der Waals surface area contributed by atoms with E-state index in [-0.39, 0.29) is 0 Å². The predicted molar refractivity (Wildman–Crippen MR) is 78.6 cm³/mol. The fourth-order valence-corrected chi connectivity index (χ4v) is 4.60. The molecule has 0 saturated carbocycles. The van der Waals surface area contributed by atoms with Gasteiger partial charge in [-0.25, -0.2) is 4.98 Å². The van der Waals surface area contributed by atoms with Crippen LogP contribution in [0.1, 0.15) is 48.3 Å². The quantitative estimate of drug-likeness (QED) is 0.924. The summed E-state index contributed by atoms with van der Waals surface area (Å²) in [5.41, 5.74) is 1.71. The van der Waals surface area contributed by atoms with Gasteiger partial charge in [0.15, 0.2) is 0 Å². The van der Waals surface area contributed by atoms with E-state index in [0.717, 1.165) is 26.1 Å². The minimum absolute atomic E-state index is 0.364. The fourth-order valence-electron chi connectivity index (χ4n) is 3.30. The Morgan fingerprint density at radius 2 is 2.32 bits per heavy atom. The smallest absolute Gasteiger partial charge is 0.0935 e. The Balaban J connectivity index is 1.80. The summed E-state index contributed by atoms with van der Waals surface area (Å²) in [7, 11) is 2.07. The molecule has 2 aliphatic rings. The van der Waals surface area contributed by atoms with Crippen molar-refractivity contribution < 1.29 is 4.74 Å². The number of nitrogens with zero attached hydrogens (tertiary/aromatic N) is 1. The largest absolute Gasteiger partial charge is 0.381 e. The van der Waals surface area contributed by atoms with E-state index >= 15 is 0 Å². The van der Waals surface area contributed by atoms with Crippen molar-refractivity contribution in [1.29, 1.82) is 0 Å². The van der Waals surface area contributed by atoms with Crippen LogP contribution >= 0.6 is 11.3 Å². The van der Waals surface area contributed by atoms with Crippen LogP contribution in [0.15, 0.2) is 0 Å². The number of hydrogen-bond acceptors (Lipinski definition) is 4. The SMILES string of the molecule is CNC1CC(C)(C)Cc2nc(CC3CCOC3)sc21. The first-order valence-electron chi connectivity index (χ1n) is 7.31. The van der Waals surface area contributed by atoms with Crippen LogP contribution in [-0.2, 0) is 17.6 Å². The summed E-state index contributed by atoms with van der Waals surface area (Å²) in [5.74, 6) is 0.689. The number of aromatic nitrogens is 1. The maximum atomic E-state index is 5.47. The van der Waals surface area contributed by atoms with Crippen molar-refractivity contribution in [3.8, 4) is 0 Å². The Hall–Kier alpha value is -0.450. The van der Waals surface area contributed by atoms with Crippen LogP contribution in [-0.4, -0.2) is 25.2 Å². The first-order chi connectivity index (χ1) is 9.07. The first-order valence-corrected chi connectivity index (χ1v) is 8.12. The van der Waals surface area contributed by atoms with E-state index in [1.54, 1.807) is 0 Å². The van der Waals surface area contributed by atoms with Gasteiger partial charge in [0.25, 0.3) is 0 Å². The highest BCUT2D eigenvalue weighted by molar-refractivity contribution is 7.11. The first kappa shape index (κ1) is 13.5. The van der Waals surface area contributed by atoms with Crippen LogP contribution in [0, 0.1) is 11.3 Å². The molecular formula is C15H24N2OS. The van der Waals surface area contributed by atoms with Crippen molar-refractivity contribution in [2.45, 2.75) is 45.6 Å². The van der Waals surface area contributed by atoms with Gasteiger partial charge in [0.2, 0.25) is 0 Å². The standard InChI is InChI=1S/C15H24N2OS/c1-15(2)7-11(16-3)14-12(8-15)17-13(19-14)6-10-4-5-18-9-10/h10-11,16H,4-9H2,1-3H3. The molecule has 1 aliphatic carbocycles. The van der Waals surface area contributed by atoms with Gasteiger partial charge in [-0.15, -0.1) is 11.3 Å².